The van der Waals surface area contributed by atoms with Gasteiger partial charge in [-0.2, -0.15) is 5.10 Å². The van der Waals surface area contributed by atoms with E-state index in [9.17, 15) is 8.42 Å². The van der Waals surface area contributed by atoms with E-state index in [1.807, 2.05) is 42.6 Å². The summed E-state index contributed by atoms with van der Waals surface area (Å²) in [7, 11) is -3.67. The standard InChI is InChI=1S/C15H13N3O2S/c16-21(19,20)14-8-6-12(7-9-14)15-10-11-18(17-15)13-4-2-1-3-5-13/h1-11H,(H2,16,19,20). The maximum Gasteiger partial charge on any atom is 0.238 e. The minimum atomic E-state index is -3.67. The van der Waals surface area contributed by atoms with Gasteiger partial charge in [0, 0.05) is 11.8 Å². The number of nitrogens with zero attached hydrogens (tertiary/aromatic N) is 2. The summed E-state index contributed by atoms with van der Waals surface area (Å²) in [5, 5.41) is 9.56. The first-order valence-electron chi connectivity index (χ1n) is 6.28. The summed E-state index contributed by atoms with van der Waals surface area (Å²) in [6, 6.07) is 18.0. The van der Waals surface area contributed by atoms with E-state index in [4.69, 9.17) is 5.14 Å². The number of hydrogen-bond donors (Lipinski definition) is 1. The molecule has 5 nitrogen and oxygen atoms in total. The first kappa shape index (κ1) is 13.5. The van der Waals surface area contributed by atoms with E-state index in [1.165, 1.54) is 12.1 Å². The minimum absolute atomic E-state index is 0.0914. The normalized spacial score (nSPS) is 11.5. The minimum Gasteiger partial charge on any atom is -0.240 e. The molecule has 0 fully saturated rings. The van der Waals surface area contributed by atoms with Crippen LogP contribution in [0.5, 0.6) is 0 Å². The fourth-order valence-electron chi connectivity index (χ4n) is 2.02. The molecule has 6 heteroatoms. The van der Waals surface area contributed by atoms with E-state index in [2.05, 4.69) is 5.10 Å². The van der Waals surface area contributed by atoms with Crippen LogP contribution in [-0.4, -0.2) is 18.2 Å². The molecule has 0 saturated heterocycles. The average molecular weight is 299 g/mol. The first-order valence-corrected chi connectivity index (χ1v) is 7.83. The number of hydrogen-bond acceptors (Lipinski definition) is 3. The maximum absolute atomic E-state index is 11.2. The van der Waals surface area contributed by atoms with E-state index in [1.54, 1.807) is 16.8 Å². The molecular formula is C15H13N3O2S. The van der Waals surface area contributed by atoms with E-state index >= 15 is 0 Å². The molecule has 0 spiro atoms. The third-order valence-electron chi connectivity index (χ3n) is 3.09. The highest BCUT2D eigenvalue weighted by atomic mass is 32.2. The van der Waals surface area contributed by atoms with Crippen LogP contribution in [0.25, 0.3) is 16.9 Å². The lowest BCUT2D eigenvalue weighted by Crippen LogP contribution is -2.11. The summed E-state index contributed by atoms with van der Waals surface area (Å²) in [5.41, 5.74) is 2.56. The van der Waals surface area contributed by atoms with Gasteiger partial charge in [0.05, 0.1) is 16.3 Å². The highest BCUT2D eigenvalue weighted by molar-refractivity contribution is 7.89. The van der Waals surface area contributed by atoms with Gasteiger partial charge in [-0.25, -0.2) is 18.2 Å². The van der Waals surface area contributed by atoms with Crippen LogP contribution in [0.15, 0.2) is 71.8 Å². The Morgan fingerprint density at radius 2 is 1.57 bits per heavy atom. The van der Waals surface area contributed by atoms with Crippen molar-refractivity contribution in [3.63, 3.8) is 0 Å². The first-order chi connectivity index (χ1) is 10.0. The molecule has 2 aromatic carbocycles. The molecule has 0 amide bonds. The average Bonchev–Trinajstić information content (AvgIpc) is 2.97. The predicted octanol–water partition coefficient (Wildman–Crippen LogP) is 2.19. The predicted molar refractivity (Wildman–Crippen MR) is 80.4 cm³/mol. The lowest BCUT2D eigenvalue weighted by molar-refractivity contribution is 0.598. The fourth-order valence-corrected chi connectivity index (χ4v) is 2.53. The Hall–Kier alpha value is -2.44. The molecule has 0 aliphatic rings. The van der Waals surface area contributed by atoms with Crippen molar-refractivity contribution in [1.29, 1.82) is 0 Å². The van der Waals surface area contributed by atoms with Gasteiger partial charge in [0.25, 0.3) is 0 Å². The Labute approximate surface area is 122 Å². The molecule has 1 heterocycles. The molecule has 21 heavy (non-hydrogen) atoms. The van der Waals surface area contributed by atoms with Crippen molar-refractivity contribution in [2.75, 3.05) is 0 Å². The molecular weight excluding hydrogens is 286 g/mol. The second-order valence-corrected chi connectivity index (χ2v) is 6.11. The van der Waals surface area contributed by atoms with Gasteiger partial charge in [-0.15, -0.1) is 0 Å². The van der Waals surface area contributed by atoms with Crippen molar-refractivity contribution in [1.82, 2.24) is 9.78 Å². The summed E-state index contributed by atoms with van der Waals surface area (Å²) in [5.74, 6) is 0. The van der Waals surface area contributed by atoms with Crippen molar-refractivity contribution in [2.24, 2.45) is 5.14 Å². The highest BCUT2D eigenvalue weighted by Crippen LogP contribution is 2.20. The van der Waals surface area contributed by atoms with Crippen LogP contribution in [0.2, 0.25) is 0 Å². The zero-order valence-corrected chi connectivity index (χ0v) is 11.9. The second-order valence-electron chi connectivity index (χ2n) is 4.55. The van der Waals surface area contributed by atoms with E-state index in [0.29, 0.717) is 0 Å². The zero-order valence-electron chi connectivity index (χ0n) is 11.0. The van der Waals surface area contributed by atoms with Gasteiger partial charge in [-0.1, -0.05) is 30.3 Å². The summed E-state index contributed by atoms with van der Waals surface area (Å²) in [6.07, 6.45) is 1.86. The van der Waals surface area contributed by atoms with Crippen LogP contribution in [0.1, 0.15) is 0 Å². The SMILES string of the molecule is NS(=O)(=O)c1ccc(-c2ccn(-c3ccccc3)n2)cc1. The van der Waals surface area contributed by atoms with Crippen LogP contribution < -0.4 is 5.14 Å². The van der Waals surface area contributed by atoms with E-state index in [0.717, 1.165) is 16.9 Å². The van der Waals surface area contributed by atoms with Crippen molar-refractivity contribution in [2.45, 2.75) is 4.90 Å². The molecule has 0 aliphatic carbocycles. The number of para-hydroxylation sites is 1. The third kappa shape index (κ3) is 2.86. The molecule has 0 saturated carbocycles. The van der Waals surface area contributed by atoms with Gasteiger partial charge in [0.15, 0.2) is 0 Å². The van der Waals surface area contributed by atoms with Gasteiger partial charge in [-0.05, 0) is 30.3 Å². The van der Waals surface area contributed by atoms with Gasteiger partial charge >= 0.3 is 0 Å². The van der Waals surface area contributed by atoms with Crippen LogP contribution >= 0.6 is 0 Å². The monoisotopic (exact) mass is 299 g/mol. The number of rotatable bonds is 3. The second kappa shape index (κ2) is 5.16. The Morgan fingerprint density at radius 3 is 2.19 bits per heavy atom. The van der Waals surface area contributed by atoms with Gasteiger partial charge in [-0.3, -0.25) is 0 Å². The molecule has 0 bridgehead atoms. The van der Waals surface area contributed by atoms with Crippen molar-refractivity contribution >= 4 is 10.0 Å². The Bertz CT molecular complexity index is 853. The van der Waals surface area contributed by atoms with Crippen molar-refractivity contribution < 1.29 is 8.42 Å². The quantitative estimate of drug-likeness (QED) is 0.805. The van der Waals surface area contributed by atoms with Gasteiger partial charge in [0.1, 0.15) is 0 Å². The molecule has 0 aliphatic heterocycles. The van der Waals surface area contributed by atoms with Crippen LogP contribution in [0, 0.1) is 0 Å². The summed E-state index contributed by atoms with van der Waals surface area (Å²) in [4.78, 5) is 0.0914. The largest absolute Gasteiger partial charge is 0.240 e. The molecule has 3 rings (SSSR count). The van der Waals surface area contributed by atoms with Crippen molar-refractivity contribution in [3.05, 3.63) is 66.9 Å². The highest BCUT2D eigenvalue weighted by Gasteiger charge is 2.09. The van der Waals surface area contributed by atoms with Crippen LogP contribution in [0.4, 0.5) is 0 Å². The Kier molecular flexibility index (Phi) is 3.32. The number of nitrogens with two attached hydrogens (primary N) is 1. The number of primary sulfonamides is 1. The Morgan fingerprint density at radius 1 is 0.905 bits per heavy atom. The molecule has 0 atom stereocenters. The molecule has 2 N–H and O–H groups in total. The third-order valence-corrected chi connectivity index (χ3v) is 4.02. The van der Waals surface area contributed by atoms with Crippen LogP contribution in [-0.2, 0) is 10.0 Å². The summed E-state index contributed by atoms with van der Waals surface area (Å²) < 4.78 is 24.2. The smallest absolute Gasteiger partial charge is 0.238 e. The topological polar surface area (TPSA) is 78.0 Å². The van der Waals surface area contributed by atoms with Gasteiger partial charge in [0.2, 0.25) is 10.0 Å². The number of sulfonamides is 1. The lowest BCUT2D eigenvalue weighted by atomic mass is 10.2. The van der Waals surface area contributed by atoms with Crippen molar-refractivity contribution in [3.8, 4) is 16.9 Å². The summed E-state index contributed by atoms with van der Waals surface area (Å²) in [6.45, 7) is 0. The molecule has 1 aromatic heterocycles. The Balaban J connectivity index is 1.94. The fraction of sp³-hybridized carbons (Fsp3) is 0. The molecule has 0 unspecified atom stereocenters. The molecule has 3 aromatic rings. The summed E-state index contributed by atoms with van der Waals surface area (Å²) >= 11 is 0. The zero-order chi connectivity index (χ0) is 14.9. The van der Waals surface area contributed by atoms with Crippen LogP contribution in [0.3, 0.4) is 0 Å². The molecule has 106 valence electrons. The van der Waals surface area contributed by atoms with Gasteiger partial charge < -0.3 is 0 Å². The number of aromatic nitrogens is 2. The number of benzene rings is 2. The van der Waals surface area contributed by atoms with E-state index in [-0.39, 0.29) is 4.90 Å². The maximum atomic E-state index is 11.2. The molecule has 0 radical (unpaired) electrons. The lowest BCUT2D eigenvalue weighted by Gasteiger charge is -2.01. The van der Waals surface area contributed by atoms with E-state index < -0.39 is 10.0 Å².